The first-order valence-corrected chi connectivity index (χ1v) is 5.65. The summed E-state index contributed by atoms with van der Waals surface area (Å²) in [6.07, 6.45) is 0. The van der Waals surface area contributed by atoms with Gasteiger partial charge >= 0.3 is 0 Å². The topological polar surface area (TPSA) is 40.9 Å². The molecular weight excluding hydrogens is 194 g/mol. The van der Waals surface area contributed by atoms with Crippen LogP contribution in [0.5, 0.6) is 0 Å². The number of aryl methyl sites for hydroxylation is 2. The lowest BCUT2D eigenvalue weighted by atomic mass is 10.2. The van der Waals surface area contributed by atoms with Crippen LogP contribution in [0.1, 0.15) is 18.1 Å². The van der Waals surface area contributed by atoms with Gasteiger partial charge in [-0.15, -0.1) is 0 Å². The van der Waals surface area contributed by atoms with Crippen molar-refractivity contribution in [2.45, 2.75) is 30.9 Å². The molecule has 2 unspecified atom stereocenters. The Morgan fingerprint density at radius 1 is 1.43 bits per heavy atom. The van der Waals surface area contributed by atoms with E-state index < -0.39 is 16.0 Å². The minimum absolute atomic E-state index is 0.448. The lowest BCUT2D eigenvalue weighted by molar-refractivity contribution is 0.679. The second-order valence-corrected chi connectivity index (χ2v) is 5.08. The largest absolute Gasteiger partial charge is 0.253 e. The van der Waals surface area contributed by atoms with Crippen LogP contribution in [0.2, 0.25) is 0 Å². The first-order chi connectivity index (χ1) is 6.56. The number of hydrogen-bond donors (Lipinski definition) is 0. The third-order valence-electron chi connectivity index (χ3n) is 2.05. The highest BCUT2D eigenvalue weighted by Gasteiger charge is 2.14. The highest BCUT2D eigenvalue weighted by Crippen LogP contribution is 2.17. The minimum atomic E-state index is -1.21. The zero-order valence-electron chi connectivity index (χ0n) is 8.57. The summed E-state index contributed by atoms with van der Waals surface area (Å²) in [7, 11) is -1.21. The van der Waals surface area contributed by atoms with Gasteiger partial charge in [0.15, 0.2) is 0 Å². The van der Waals surface area contributed by atoms with Crippen LogP contribution in [0.3, 0.4) is 0 Å². The average molecular weight is 207 g/mol. The lowest BCUT2D eigenvalue weighted by Crippen LogP contribution is -2.09. The smallest absolute Gasteiger partial charge is 0.123 e. The fourth-order valence-corrected chi connectivity index (χ4v) is 2.32. The van der Waals surface area contributed by atoms with Gasteiger partial charge in [0.05, 0.1) is 16.9 Å². The van der Waals surface area contributed by atoms with Gasteiger partial charge < -0.3 is 0 Å². The van der Waals surface area contributed by atoms with Crippen LogP contribution in [0, 0.1) is 25.2 Å². The summed E-state index contributed by atoms with van der Waals surface area (Å²) in [5.41, 5.74) is 2.14. The van der Waals surface area contributed by atoms with Gasteiger partial charge in [0.25, 0.3) is 0 Å². The maximum Gasteiger partial charge on any atom is 0.123 e. The van der Waals surface area contributed by atoms with Crippen molar-refractivity contribution in [1.29, 1.82) is 5.26 Å². The maximum absolute atomic E-state index is 11.8. The zero-order valence-corrected chi connectivity index (χ0v) is 9.39. The molecule has 0 saturated heterocycles. The van der Waals surface area contributed by atoms with E-state index in [1.54, 1.807) is 6.92 Å². The minimum Gasteiger partial charge on any atom is -0.253 e. The van der Waals surface area contributed by atoms with Crippen molar-refractivity contribution in [2.75, 3.05) is 0 Å². The molecule has 0 aliphatic carbocycles. The second kappa shape index (κ2) is 4.39. The summed E-state index contributed by atoms with van der Waals surface area (Å²) in [6.45, 7) is 5.59. The van der Waals surface area contributed by atoms with Crippen LogP contribution < -0.4 is 0 Å². The van der Waals surface area contributed by atoms with E-state index in [0.29, 0.717) is 0 Å². The molecule has 3 heteroatoms. The Hall–Kier alpha value is -1.14. The quantitative estimate of drug-likeness (QED) is 0.746. The predicted molar refractivity (Wildman–Crippen MR) is 57.4 cm³/mol. The molecule has 0 N–H and O–H groups in total. The molecule has 74 valence electrons. The number of nitrogens with zero attached hydrogens (tertiary/aromatic N) is 1. The van der Waals surface area contributed by atoms with Gasteiger partial charge in [0, 0.05) is 4.90 Å². The summed E-state index contributed by atoms with van der Waals surface area (Å²) >= 11 is 0. The summed E-state index contributed by atoms with van der Waals surface area (Å²) in [5, 5.41) is 8.22. The molecule has 0 radical (unpaired) electrons. The van der Waals surface area contributed by atoms with Crippen LogP contribution in [-0.2, 0) is 10.8 Å². The fraction of sp³-hybridized carbons (Fsp3) is 0.364. The summed E-state index contributed by atoms with van der Waals surface area (Å²) in [4.78, 5) is 0.768. The fourth-order valence-electron chi connectivity index (χ4n) is 1.26. The number of benzene rings is 1. The highest BCUT2D eigenvalue weighted by atomic mass is 32.2. The van der Waals surface area contributed by atoms with E-state index in [-0.39, 0.29) is 0 Å². The zero-order chi connectivity index (χ0) is 10.7. The molecule has 14 heavy (non-hydrogen) atoms. The molecule has 1 aromatic carbocycles. The third-order valence-corrected chi connectivity index (χ3v) is 3.69. The average Bonchev–Trinajstić information content (AvgIpc) is 2.15. The maximum atomic E-state index is 11.8. The van der Waals surface area contributed by atoms with Crippen molar-refractivity contribution >= 4 is 10.8 Å². The van der Waals surface area contributed by atoms with Crippen molar-refractivity contribution < 1.29 is 4.21 Å². The monoisotopic (exact) mass is 207 g/mol. The van der Waals surface area contributed by atoms with E-state index in [2.05, 4.69) is 0 Å². The molecule has 1 aromatic rings. The summed E-state index contributed by atoms with van der Waals surface area (Å²) < 4.78 is 11.8. The van der Waals surface area contributed by atoms with Gasteiger partial charge in [0.1, 0.15) is 5.25 Å². The molecule has 2 nitrogen and oxygen atoms in total. The molecule has 0 spiro atoms. The first-order valence-electron chi connectivity index (χ1n) is 4.43. The Morgan fingerprint density at radius 3 is 2.57 bits per heavy atom. The first kappa shape index (κ1) is 10.9. The van der Waals surface area contributed by atoms with Gasteiger partial charge in [-0.05, 0) is 32.4 Å². The van der Waals surface area contributed by atoms with Crippen molar-refractivity contribution in [3.8, 4) is 6.07 Å². The van der Waals surface area contributed by atoms with Crippen molar-refractivity contribution in [3.05, 3.63) is 29.3 Å². The number of nitriles is 1. The van der Waals surface area contributed by atoms with E-state index in [4.69, 9.17) is 5.26 Å². The standard InChI is InChI=1S/C11H13NOS/c1-8-4-5-11(9(2)6-8)14(13)10(3)7-12/h4-6,10H,1-3H3. The summed E-state index contributed by atoms with van der Waals surface area (Å²) in [6, 6.07) is 7.75. The molecule has 0 aromatic heterocycles. The van der Waals surface area contributed by atoms with Crippen molar-refractivity contribution in [3.63, 3.8) is 0 Å². The van der Waals surface area contributed by atoms with Crippen LogP contribution >= 0.6 is 0 Å². The molecule has 1 rings (SSSR count). The highest BCUT2D eigenvalue weighted by molar-refractivity contribution is 7.86. The molecule has 0 bridgehead atoms. The molecule has 0 saturated carbocycles. The van der Waals surface area contributed by atoms with Crippen molar-refractivity contribution in [2.24, 2.45) is 0 Å². The van der Waals surface area contributed by atoms with E-state index in [0.717, 1.165) is 16.0 Å². The van der Waals surface area contributed by atoms with Crippen LogP contribution in [0.15, 0.2) is 23.1 Å². The van der Waals surface area contributed by atoms with Crippen molar-refractivity contribution in [1.82, 2.24) is 0 Å². The second-order valence-electron chi connectivity index (χ2n) is 3.34. The Balaban J connectivity index is 3.09. The van der Waals surface area contributed by atoms with Crippen LogP contribution in [0.4, 0.5) is 0 Å². The SMILES string of the molecule is Cc1ccc(S(=O)C(C)C#N)c(C)c1. The molecule has 0 amide bonds. The van der Waals surface area contributed by atoms with Gasteiger partial charge in [-0.25, -0.2) is 0 Å². The van der Waals surface area contributed by atoms with Crippen LogP contribution in [0.25, 0.3) is 0 Å². The molecule has 0 aliphatic rings. The summed E-state index contributed by atoms with van der Waals surface area (Å²) in [5.74, 6) is 0. The van der Waals surface area contributed by atoms with Gasteiger partial charge in [-0.3, -0.25) is 4.21 Å². The van der Waals surface area contributed by atoms with E-state index in [1.165, 1.54) is 0 Å². The Morgan fingerprint density at radius 2 is 2.07 bits per heavy atom. The number of rotatable bonds is 2. The molecule has 0 aliphatic heterocycles. The molecule has 0 heterocycles. The Bertz CT molecular complexity index is 406. The Labute approximate surface area is 87.0 Å². The normalized spacial score (nSPS) is 14.4. The van der Waals surface area contributed by atoms with Crippen LogP contribution in [-0.4, -0.2) is 9.46 Å². The number of hydrogen-bond acceptors (Lipinski definition) is 2. The molecular formula is C11H13NOS. The van der Waals surface area contributed by atoms with Gasteiger partial charge in [-0.2, -0.15) is 5.26 Å². The lowest BCUT2D eigenvalue weighted by Gasteiger charge is -2.07. The van der Waals surface area contributed by atoms with Gasteiger partial charge in [0.2, 0.25) is 0 Å². The molecule has 2 atom stereocenters. The molecule has 0 fully saturated rings. The van der Waals surface area contributed by atoms with E-state index in [9.17, 15) is 4.21 Å². The van der Waals surface area contributed by atoms with E-state index in [1.807, 2.05) is 38.1 Å². The van der Waals surface area contributed by atoms with Gasteiger partial charge in [-0.1, -0.05) is 17.7 Å². The predicted octanol–water partition coefficient (Wildman–Crippen LogP) is 2.32. The van der Waals surface area contributed by atoms with E-state index >= 15 is 0 Å². The Kier molecular flexibility index (Phi) is 3.43. The third kappa shape index (κ3) is 2.21.